The largest absolute Gasteiger partial charge is 0.486 e. The third-order valence-electron chi connectivity index (χ3n) is 4.32. The number of anilines is 1. The van der Waals surface area contributed by atoms with Crippen molar-refractivity contribution in [1.29, 1.82) is 0 Å². The molecule has 0 unspecified atom stereocenters. The summed E-state index contributed by atoms with van der Waals surface area (Å²) in [5.41, 5.74) is 1.30. The van der Waals surface area contributed by atoms with E-state index in [0.29, 0.717) is 36.0 Å². The van der Waals surface area contributed by atoms with Crippen LogP contribution in [0.2, 0.25) is 0 Å². The molecular formula is C22H16FNO4. The molecule has 1 aliphatic heterocycles. The highest BCUT2D eigenvalue weighted by Crippen LogP contribution is 2.32. The van der Waals surface area contributed by atoms with Gasteiger partial charge in [-0.15, -0.1) is 0 Å². The zero-order chi connectivity index (χ0) is 19.5. The van der Waals surface area contributed by atoms with E-state index in [-0.39, 0.29) is 16.9 Å². The Morgan fingerprint density at radius 1 is 0.821 bits per heavy atom. The number of hydrogen-bond acceptors (Lipinski definition) is 4. The monoisotopic (exact) mass is 377 g/mol. The molecular weight excluding hydrogens is 361 g/mol. The molecule has 0 aromatic heterocycles. The first-order valence-electron chi connectivity index (χ1n) is 8.72. The van der Waals surface area contributed by atoms with E-state index in [9.17, 15) is 14.0 Å². The van der Waals surface area contributed by atoms with E-state index in [1.54, 1.807) is 42.5 Å². The number of carbonyl (C=O) groups is 2. The lowest BCUT2D eigenvalue weighted by atomic mass is 9.98. The predicted molar refractivity (Wildman–Crippen MR) is 102 cm³/mol. The van der Waals surface area contributed by atoms with Crippen LogP contribution in [0, 0.1) is 5.82 Å². The molecule has 6 heteroatoms. The van der Waals surface area contributed by atoms with E-state index < -0.39 is 11.7 Å². The molecule has 0 saturated heterocycles. The highest BCUT2D eigenvalue weighted by molar-refractivity contribution is 6.17. The Kier molecular flexibility index (Phi) is 4.76. The lowest BCUT2D eigenvalue weighted by molar-refractivity contribution is 0.0996. The van der Waals surface area contributed by atoms with Gasteiger partial charge in [-0.2, -0.15) is 0 Å². The van der Waals surface area contributed by atoms with Crippen molar-refractivity contribution in [3.63, 3.8) is 0 Å². The van der Waals surface area contributed by atoms with Crippen molar-refractivity contribution in [2.75, 3.05) is 18.5 Å². The standard InChI is InChI=1S/C22H16FNO4/c23-15-7-5-14(6-8-15)21(25)17-3-1-2-4-18(17)22(26)24-16-9-10-19-20(13-16)28-12-11-27-19/h1-10,13H,11-12H2,(H,24,26). The molecule has 1 amide bonds. The summed E-state index contributed by atoms with van der Waals surface area (Å²) in [4.78, 5) is 25.6. The summed E-state index contributed by atoms with van der Waals surface area (Å²) in [6, 6.07) is 16.8. The number of halogens is 1. The van der Waals surface area contributed by atoms with E-state index in [4.69, 9.17) is 9.47 Å². The first kappa shape index (κ1) is 17.7. The number of benzene rings is 3. The molecule has 3 aromatic rings. The van der Waals surface area contributed by atoms with Crippen molar-refractivity contribution in [3.05, 3.63) is 89.2 Å². The quantitative estimate of drug-likeness (QED) is 0.696. The lowest BCUT2D eigenvalue weighted by Gasteiger charge is -2.19. The number of nitrogens with one attached hydrogen (secondary N) is 1. The molecule has 4 rings (SSSR count). The molecule has 0 spiro atoms. The van der Waals surface area contributed by atoms with Gasteiger partial charge in [-0.25, -0.2) is 4.39 Å². The molecule has 0 radical (unpaired) electrons. The van der Waals surface area contributed by atoms with Gasteiger partial charge in [-0.1, -0.05) is 18.2 Å². The van der Waals surface area contributed by atoms with Crippen LogP contribution < -0.4 is 14.8 Å². The fourth-order valence-electron chi connectivity index (χ4n) is 2.96. The Balaban J connectivity index is 1.60. The van der Waals surface area contributed by atoms with Crippen molar-refractivity contribution in [2.45, 2.75) is 0 Å². The normalized spacial score (nSPS) is 12.3. The minimum Gasteiger partial charge on any atom is -0.486 e. The van der Waals surface area contributed by atoms with Gasteiger partial charge in [0, 0.05) is 22.9 Å². The number of ether oxygens (including phenoxy) is 2. The molecule has 1 N–H and O–H groups in total. The summed E-state index contributed by atoms with van der Waals surface area (Å²) < 4.78 is 24.1. The summed E-state index contributed by atoms with van der Waals surface area (Å²) >= 11 is 0. The number of carbonyl (C=O) groups excluding carboxylic acids is 2. The van der Waals surface area contributed by atoms with E-state index in [1.165, 1.54) is 24.3 Å². The molecule has 0 bridgehead atoms. The Bertz CT molecular complexity index is 1050. The molecule has 28 heavy (non-hydrogen) atoms. The Hall–Kier alpha value is -3.67. The van der Waals surface area contributed by atoms with Crippen molar-refractivity contribution in [3.8, 4) is 11.5 Å². The molecule has 0 fully saturated rings. The smallest absolute Gasteiger partial charge is 0.256 e. The molecule has 3 aromatic carbocycles. The fraction of sp³-hybridized carbons (Fsp3) is 0.0909. The van der Waals surface area contributed by atoms with Gasteiger partial charge in [-0.3, -0.25) is 9.59 Å². The molecule has 5 nitrogen and oxygen atoms in total. The minimum absolute atomic E-state index is 0.228. The summed E-state index contributed by atoms with van der Waals surface area (Å²) in [6.07, 6.45) is 0. The van der Waals surface area contributed by atoms with Gasteiger partial charge in [0.05, 0.1) is 5.56 Å². The van der Waals surface area contributed by atoms with Crippen LogP contribution in [0.25, 0.3) is 0 Å². The van der Waals surface area contributed by atoms with Gasteiger partial charge < -0.3 is 14.8 Å². The number of ketones is 1. The minimum atomic E-state index is -0.429. The van der Waals surface area contributed by atoms with Crippen molar-refractivity contribution in [2.24, 2.45) is 0 Å². The average Bonchev–Trinajstić information content (AvgIpc) is 2.73. The first-order valence-corrected chi connectivity index (χ1v) is 8.72. The van der Waals surface area contributed by atoms with Gasteiger partial charge in [0.2, 0.25) is 0 Å². The zero-order valence-corrected chi connectivity index (χ0v) is 14.8. The van der Waals surface area contributed by atoms with Gasteiger partial charge in [0.1, 0.15) is 19.0 Å². The fourth-order valence-corrected chi connectivity index (χ4v) is 2.96. The van der Waals surface area contributed by atoms with Gasteiger partial charge in [-0.05, 0) is 42.5 Å². The van der Waals surface area contributed by atoms with Crippen LogP contribution in [-0.4, -0.2) is 24.9 Å². The van der Waals surface area contributed by atoms with Crippen LogP contribution >= 0.6 is 0 Å². The highest BCUT2D eigenvalue weighted by Gasteiger charge is 2.19. The predicted octanol–water partition coefficient (Wildman–Crippen LogP) is 4.08. The number of rotatable bonds is 4. The second-order valence-corrected chi connectivity index (χ2v) is 6.19. The zero-order valence-electron chi connectivity index (χ0n) is 14.8. The maximum Gasteiger partial charge on any atom is 0.256 e. The lowest BCUT2D eigenvalue weighted by Crippen LogP contribution is -2.18. The second-order valence-electron chi connectivity index (χ2n) is 6.19. The van der Waals surface area contributed by atoms with Crippen LogP contribution in [-0.2, 0) is 0 Å². The van der Waals surface area contributed by atoms with Crippen molar-refractivity contribution < 1.29 is 23.5 Å². The topological polar surface area (TPSA) is 64.6 Å². The summed E-state index contributed by atoms with van der Waals surface area (Å²) in [6.45, 7) is 0.928. The second kappa shape index (κ2) is 7.52. The average molecular weight is 377 g/mol. The maximum absolute atomic E-state index is 13.1. The van der Waals surface area contributed by atoms with E-state index in [0.717, 1.165) is 0 Å². The van der Waals surface area contributed by atoms with E-state index in [1.807, 2.05) is 0 Å². The Morgan fingerprint density at radius 2 is 1.50 bits per heavy atom. The summed E-state index contributed by atoms with van der Waals surface area (Å²) in [5, 5.41) is 2.78. The molecule has 0 atom stereocenters. The number of amides is 1. The molecule has 0 aliphatic carbocycles. The summed E-state index contributed by atoms with van der Waals surface area (Å²) in [7, 11) is 0. The highest BCUT2D eigenvalue weighted by atomic mass is 19.1. The van der Waals surface area contributed by atoms with E-state index in [2.05, 4.69) is 5.32 Å². The molecule has 0 saturated carbocycles. The first-order chi connectivity index (χ1) is 13.6. The number of fused-ring (bicyclic) bond motifs is 1. The van der Waals surface area contributed by atoms with Crippen LogP contribution in [0.5, 0.6) is 11.5 Å². The van der Waals surface area contributed by atoms with Gasteiger partial charge >= 0.3 is 0 Å². The van der Waals surface area contributed by atoms with Crippen LogP contribution in [0.3, 0.4) is 0 Å². The summed E-state index contributed by atoms with van der Waals surface area (Å²) in [5.74, 6) is -0.0345. The number of hydrogen-bond donors (Lipinski definition) is 1. The maximum atomic E-state index is 13.1. The SMILES string of the molecule is O=C(Nc1ccc2c(c1)OCCO2)c1ccccc1C(=O)c1ccc(F)cc1. The van der Waals surface area contributed by atoms with Crippen LogP contribution in [0.15, 0.2) is 66.7 Å². The molecule has 140 valence electrons. The van der Waals surface area contributed by atoms with Gasteiger partial charge in [0.15, 0.2) is 17.3 Å². The van der Waals surface area contributed by atoms with Crippen molar-refractivity contribution in [1.82, 2.24) is 0 Å². The third-order valence-corrected chi connectivity index (χ3v) is 4.32. The van der Waals surface area contributed by atoms with Crippen LogP contribution in [0.1, 0.15) is 26.3 Å². The van der Waals surface area contributed by atoms with E-state index >= 15 is 0 Å². The van der Waals surface area contributed by atoms with Gasteiger partial charge in [0.25, 0.3) is 5.91 Å². The molecule has 1 aliphatic rings. The van der Waals surface area contributed by atoms with Crippen LogP contribution in [0.4, 0.5) is 10.1 Å². The molecule has 1 heterocycles. The Labute approximate surface area is 160 Å². The van der Waals surface area contributed by atoms with Crippen molar-refractivity contribution >= 4 is 17.4 Å². The third kappa shape index (κ3) is 3.57. The Morgan fingerprint density at radius 3 is 2.25 bits per heavy atom.